The van der Waals surface area contributed by atoms with Gasteiger partial charge in [0, 0.05) is 30.8 Å². The Morgan fingerprint density at radius 3 is 2.45 bits per heavy atom. The largest absolute Gasteiger partial charge is 0.495 e. The molecule has 1 aliphatic heterocycles. The number of ether oxygens (including phenoxy) is 2. The van der Waals surface area contributed by atoms with Crippen LogP contribution in [0.15, 0.2) is 29.5 Å². The van der Waals surface area contributed by atoms with Crippen molar-refractivity contribution in [1.29, 1.82) is 0 Å². The predicted octanol–water partition coefficient (Wildman–Crippen LogP) is 5.48. The van der Waals surface area contributed by atoms with E-state index >= 15 is 0 Å². The van der Waals surface area contributed by atoms with Crippen LogP contribution in [0.3, 0.4) is 0 Å². The Balaban J connectivity index is 1.87. The number of halogens is 1. The predicted molar refractivity (Wildman–Crippen MR) is 112 cm³/mol. The van der Waals surface area contributed by atoms with Gasteiger partial charge in [-0.05, 0) is 34.9 Å². The molecule has 5 heteroatoms. The van der Waals surface area contributed by atoms with E-state index in [2.05, 4.69) is 27.7 Å². The van der Waals surface area contributed by atoms with Crippen molar-refractivity contribution in [3.05, 3.63) is 40.1 Å². The molecule has 156 valence electrons. The normalized spacial score (nSPS) is 30.3. The van der Waals surface area contributed by atoms with Crippen molar-refractivity contribution in [1.82, 2.24) is 0 Å². The number of methoxy groups -OCH3 is 1. The monoisotopic (exact) mass is 416 g/mol. The number of fused-ring (bicyclic) bond motifs is 1. The van der Waals surface area contributed by atoms with Crippen LogP contribution in [0.4, 0.5) is 0 Å². The summed E-state index contributed by atoms with van der Waals surface area (Å²) >= 11 is 6.42. The molecule has 29 heavy (non-hydrogen) atoms. The Morgan fingerprint density at radius 2 is 1.79 bits per heavy atom. The number of benzene rings is 1. The molecule has 1 aromatic carbocycles. The molecule has 1 saturated carbocycles. The number of carbonyl (C=O) groups is 2. The van der Waals surface area contributed by atoms with Crippen LogP contribution < -0.4 is 4.74 Å². The minimum atomic E-state index is -0.351. The van der Waals surface area contributed by atoms with Gasteiger partial charge in [-0.1, -0.05) is 45.4 Å². The molecule has 0 N–H and O–H groups in total. The first-order valence-corrected chi connectivity index (χ1v) is 10.7. The lowest BCUT2D eigenvalue weighted by Crippen LogP contribution is -2.49. The van der Waals surface area contributed by atoms with Gasteiger partial charge >= 0.3 is 0 Å². The van der Waals surface area contributed by atoms with E-state index in [0.29, 0.717) is 35.6 Å². The van der Waals surface area contributed by atoms with Crippen LogP contribution in [0.1, 0.15) is 64.9 Å². The fourth-order valence-corrected chi connectivity index (χ4v) is 5.66. The Labute approximate surface area is 177 Å². The van der Waals surface area contributed by atoms with Crippen LogP contribution in [0.25, 0.3) is 0 Å². The van der Waals surface area contributed by atoms with Gasteiger partial charge < -0.3 is 9.47 Å². The number of ketones is 2. The minimum absolute atomic E-state index is 0.0873. The first-order valence-electron chi connectivity index (χ1n) is 10.3. The molecule has 0 unspecified atom stereocenters. The van der Waals surface area contributed by atoms with Gasteiger partial charge in [0.1, 0.15) is 23.4 Å². The second-order valence-electron chi connectivity index (χ2n) is 10.3. The smallest absolute Gasteiger partial charge is 0.163 e. The molecule has 0 radical (unpaired) electrons. The number of hydrogen-bond donors (Lipinski definition) is 0. The summed E-state index contributed by atoms with van der Waals surface area (Å²) in [6.07, 6.45) is 2.27. The second kappa shape index (κ2) is 6.87. The lowest BCUT2D eigenvalue weighted by Gasteiger charge is -2.49. The first-order chi connectivity index (χ1) is 13.5. The van der Waals surface area contributed by atoms with Gasteiger partial charge in [0.2, 0.25) is 0 Å². The quantitative estimate of drug-likeness (QED) is 0.640. The molecule has 1 aromatic rings. The molecule has 3 aliphatic rings. The number of rotatable bonds is 2. The fraction of sp³-hybridized carbons (Fsp3) is 0.583. The molecule has 2 aliphatic carbocycles. The van der Waals surface area contributed by atoms with Crippen LogP contribution in [0.5, 0.6) is 5.75 Å². The topological polar surface area (TPSA) is 52.6 Å². The van der Waals surface area contributed by atoms with Crippen molar-refractivity contribution in [3.8, 4) is 5.75 Å². The van der Waals surface area contributed by atoms with E-state index in [-0.39, 0.29) is 40.3 Å². The van der Waals surface area contributed by atoms with Crippen molar-refractivity contribution in [2.75, 3.05) is 7.11 Å². The highest BCUT2D eigenvalue weighted by Gasteiger charge is 2.53. The SMILES string of the molecule is COc1ccc([C@@H]2C3=C(CC(C)(C)CC3=O)O[C@H]3CC(C)(C)CC(=O)[C@@H]32)cc1Cl. The van der Waals surface area contributed by atoms with E-state index in [0.717, 1.165) is 17.7 Å². The Kier molecular flexibility index (Phi) is 4.85. The van der Waals surface area contributed by atoms with Gasteiger partial charge in [-0.2, -0.15) is 0 Å². The van der Waals surface area contributed by atoms with Crippen molar-refractivity contribution < 1.29 is 19.1 Å². The minimum Gasteiger partial charge on any atom is -0.495 e. The highest BCUT2D eigenvalue weighted by molar-refractivity contribution is 6.32. The van der Waals surface area contributed by atoms with Gasteiger partial charge in [-0.15, -0.1) is 0 Å². The third-order valence-electron chi connectivity index (χ3n) is 6.56. The van der Waals surface area contributed by atoms with Crippen LogP contribution in [0.2, 0.25) is 5.02 Å². The van der Waals surface area contributed by atoms with Crippen molar-refractivity contribution in [3.63, 3.8) is 0 Å². The molecule has 1 fully saturated rings. The average Bonchev–Trinajstić information content (AvgIpc) is 2.57. The standard InChI is InChI=1S/C24H29ClO4/c1-23(2)9-15(26)21-18(11-23)29-19-12-24(3,4)10-16(27)22(19)20(21)13-6-7-17(28-5)14(25)8-13/h6-8,18,20-21H,9-12H2,1-5H3/t18-,20-,21-/m0/s1. The summed E-state index contributed by atoms with van der Waals surface area (Å²) in [5.74, 6) is 0.961. The van der Waals surface area contributed by atoms with Crippen LogP contribution >= 0.6 is 11.6 Å². The number of carbonyl (C=O) groups excluding carboxylic acids is 2. The maximum atomic E-state index is 13.3. The van der Waals surface area contributed by atoms with Gasteiger partial charge in [0.15, 0.2) is 5.78 Å². The molecular weight excluding hydrogens is 388 g/mol. The van der Waals surface area contributed by atoms with Crippen LogP contribution in [-0.4, -0.2) is 24.8 Å². The van der Waals surface area contributed by atoms with E-state index in [9.17, 15) is 9.59 Å². The third kappa shape index (κ3) is 3.61. The molecule has 3 atom stereocenters. The lowest BCUT2D eigenvalue weighted by atomic mass is 9.60. The first kappa shape index (κ1) is 20.5. The maximum Gasteiger partial charge on any atom is 0.163 e. The number of allylic oxidation sites excluding steroid dienone is 2. The fourth-order valence-electron chi connectivity index (χ4n) is 5.40. The average molecular weight is 417 g/mol. The summed E-state index contributed by atoms with van der Waals surface area (Å²) < 4.78 is 11.7. The molecule has 0 aromatic heterocycles. The van der Waals surface area contributed by atoms with Gasteiger partial charge in [-0.3, -0.25) is 9.59 Å². The van der Waals surface area contributed by atoms with Gasteiger partial charge in [-0.25, -0.2) is 0 Å². The molecule has 0 bridgehead atoms. The van der Waals surface area contributed by atoms with Gasteiger partial charge in [0.05, 0.1) is 18.1 Å². The van der Waals surface area contributed by atoms with Crippen molar-refractivity contribution >= 4 is 23.2 Å². The lowest BCUT2D eigenvalue weighted by molar-refractivity contribution is -0.140. The van der Waals surface area contributed by atoms with E-state index in [4.69, 9.17) is 21.1 Å². The van der Waals surface area contributed by atoms with Crippen LogP contribution in [-0.2, 0) is 14.3 Å². The highest BCUT2D eigenvalue weighted by atomic mass is 35.5. The maximum absolute atomic E-state index is 13.3. The Morgan fingerprint density at radius 1 is 1.07 bits per heavy atom. The summed E-state index contributed by atoms with van der Waals surface area (Å²) in [5.41, 5.74) is 1.33. The van der Waals surface area contributed by atoms with E-state index in [1.165, 1.54) is 0 Å². The van der Waals surface area contributed by atoms with Gasteiger partial charge in [0.25, 0.3) is 0 Å². The molecule has 0 amide bonds. The number of Topliss-reactive ketones (excluding diaryl/α,β-unsaturated/α-hetero) is 2. The van der Waals surface area contributed by atoms with Crippen molar-refractivity contribution in [2.24, 2.45) is 16.7 Å². The van der Waals surface area contributed by atoms with E-state index in [1.54, 1.807) is 7.11 Å². The zero-order chi connectivity index (χ0) is 21.1. The summed E-state index contributed by atoms with van der Waals surface area (Å²) in [7, 11) is 1.57. The third-order valence-corrected chi connectivity index (χ3v) is 6.85. The molecule has 0 saturated heterocycles. The Hall–Kier alpha value is -1.81. The molecule has 1 heterocycles. The van der Waals surface area contributed by atoms with E-state index < -0.39 is 0 Å². The molecule has 0 spiro atoms. The Bertz CT molecular complexity index is 911. The molecular formula is C24H29ClO4. The summed E-state index contributed by atoms with van der Waals surface area (Å²) in [4.78, 5) is 26.5. The number of hydrogen-bond acceptors (Lipinski definition) is 4. The zero-order valence-corrected chi connectivity index (χ0v) is 18.6. The highest BCUT2D eigenvalue weighted by Crippen LogP contribution is 2.54. The molecule has 4 rings (SSSR count). The van der Waals surface area contributed by atoms with Crippen molar-refractivity contribution in [2.45, 2.75) is 65.4 Å². The van der Waals surface area contributed by atoms with E-state index in [1.807, 2.05) is 18.2 Å². The summed E-state index contributed by atoms with van der Waals surface area (Å²) in [6, 6.07) is 5.59. The summed E-state index contributed by atoms with van der Waals surface area (Å²) in [6.45, 7) is 8.42. The summed E-state index contributed by atoms with van der Waals surface area (Å²) in [5, 5.41) is 0.488. The molecule has 4 nitrogen and oxygen atoms in total. The van der Waals surface area contributed by atoms with Crippen LogP contribution in [0, 0.1) is 16.7 Å². The second-order valence-corrected chi connectivity index (χ2v) is 10.8. The zero-order valence-electron chi connectivity index (χ0n) is 17.8.